The molecule has 0 atom stereocenters. The predicted molar refractivity (Wildman–Crippen MR) is 110 cm³/mol. The van der Waals surface area contributed by atoms with Crippen LogP contribution >= 0.6 is 0 Å². The van der Waals surface area contributed by atoms with E-state index in [1.807, 2.05) is 49.5 Å². The van der Waals surface area contributed by atoms with Crippen LogP contribution in [0.5, 0.6) is 5.75 Å². The largest absolute Gasteiger partial charge is 0.497 e. The van der Waals surface area contributed by atoms with E-state index in [-0.39, 0.29) is 11.8 Å². The van der Waals surface area contributed by atoms with Gasteiger partial charge in [-0.3, -0.25) is 9.59 Å². The van der Waals surface area contributed by atoms with Crippen molar-refractivity contribution in [1.29, 1.82) is 0 Å². The number of nitrogens with zero attached hydrogens (tertiary/aromatic N) is 1. The summed E-state index contributed by atoms with van der Waals surface area (Å²) >= 11 is 0. The molecule has 0 fully saturated rings. The summed E-state index contributed by atoms with van der Waals surface area (Å²) in [5.41, 5.74) is 3.53. The van der Waals surface area contributed by atoms with Crippen LogP contribution in [0.4, 0.5) is 5.69 Å². The Labute approximate surface area is 163 Å². The summed E-state index contributed by atoms with van der Waals surface area (Å²) < 4.78 is 5.27. The van der Waals surface area contributed by atoms with Gasteiger partial charge < -0.3 is 15.0 Å². The monoisotopic (exact) mass is 374 g/mol. The Morgan fingerprint density at radius 2 is 1.82 bits per heavy atom. The van der Waals surface area contributed by atoms with Gasteiger partial charge in [0.1, 0.15) is 5.75 Å². The van der Waals surface area contributed by atoms with Gasteiger partial charge in [-0.05, 0) is 64.7 Å². The van der Waals surface area contributed by atoms with E-state index < -0.39 is 0 Å². The van der Waals surface area contributed by atoms with E-state index in [4.69, 9.17) is 4.74 Å². The van der Waals surface area contributed by atoms with Crippen LogP contribution in [0.2, 0.25) is 0 Å². The molecule has 1 N–H and O–H groups in total. The molecule has 4 rings (SSSR count). The van der Waals surface area contributed by atoms with Crippen LogP contribution in [-0.2, 0) is 17.8 Å². The van der Waals surface area contributed by atoms with Gasteiger partial charge in [-0.25, -0.2) is 0 Å². The molecule has 0 aromatic heterocycles. The highest BCUT2D eigenvalue weighted by Crippen LogP contribution is 2.25. The topological polar surface area (TPSA) is 58.6 Å². The van der Waals surface area contributed by atoms with Gasteiger partial charge in [-0.15, -0.1) is 0 Å². The maximum atomic E-state index is 12.9. The van der Waals surface area contributed by atoms with Gasteiger partial charge in [0.15, 0.2) is 0 Å². The molecule has 28 heavy (non-hydrogen) atoms. The van der Waals surface area contributed by atoms with Crippen molar-refractivity contribution in [2.75, 3.05) is 19.5 Å². The number of ether oxygens (including phenoxy) is 1. The number of amides is 2. The van der Waals surface area contributed by atoms with Crippen LogP contribution in [-0.4, -0.2) is 30.9 Å². The summed E-state index contributed by atoms with van der Waals surface area (Å²) in [5, 5.41) is 5.07. The number of anilines is 1. The van der Waals surface area contributed by atoms with Gasteiger partial charge >= 0.3 is 0 Å². The van der Waals surface area contributed by atoms with E-state index >= 15 is 0 Å². The quantitative estimate of drug-likeness (QED) is 0.751. The maximum Gasteiger partial charge on any atom is 0.253 e. The number of carbonyl (C=O) groups is 2. The Kier molecular flexibility index (Phi) is 4.74. The normalized spacial score (nSPS) is 13.0. The highest BCUT2D eigenvalue weighted by Gasteiger charge is 2.18. The van der Waals surface area contributed by atoms with Crippen LogP contribution in [0.15, 0.2) is 54.6 Å². The first-order valence-corrected chi connectivity index (χ1v) is 9.28. The summed E-state index contributed by atoms with van der Waals surface area (Å²) in [6.07, 6.45) is 1.13. The average Bonchev–Trinajstić information content (AvgIpc) is 2.72. The second-order valence-electron chi connectivity index (χ2n) is 7.13. The summed E-state index contributed by atoms with van der Waals surface area (Å²) in [6, 6.07) is 17.6. The molecule has 1 aliphatic heterocycles. The Morgan fingerprint density at radius 3 is 2.64 bits per heavy atom. The number of aryl methyl sites for hydroxylation is 1. The fourth-order valence-electron chi connectivity index (χ4n) is 3.58. The van der Waals surface area contributed by atoms with Crippen molar-refractivity contribution < 1.29 is 14.3 Å². The minimum absolute atomic E-state index is 0.0256. The van der Waals surface area contributed by atoms with E-state index in [2.05, 4.69) is 11.4 Å². The summed E-state index contributed by atoms with van der Waals surface area (Å²) in [6.45, 7) is 0.522. The van der Waals surface area contributed by atoms with Crippen molar-refractivity contribution in [2.45, 2.75) is 19.4 Å². The second-order valence-corrected chi connectivity index (χ2v) is 7.13. The third-order valence-electron chi connectivity index (χ3n) is 5.13. The highest BCUT2D eigenvalue weighted by molar-refractivity contribution is 5.98. The molecule has 0 bridgehead atoms. The van der Waals surface area contributed by atoms with E-state index in [0.29, 0.717) is 24.9 Å². The fourth-order valence-corrected chi connectivity index (χ4v) is 3.58. The van der Waals surface area contributed by atoms with Gasteiger partial charge in [-0.2, -0.15) is 0 Å². The fraction of sp³-hybridized carbons (Fsp3) is 0.217. The van der Waals surface area contributed by atoms with Gasteiger partial charge in [0.2, 0.25) is 5.91 Å². The van der Waals surface area contributed by atoms with Crippen LogP contribution in [0.3, 0.4) is 0 Å². The predicted octanol–water partition coefficient (Wildman–Crippen LogP) is 4.01. The minimum atomic E-state index is -0.0328. The molecule has 3 aromatic rings. The molecule has 0 radical (unpaired) electrons. The van der Waals surface area contributed by atoms with Gasteiger partial charge in [0, 0.05) is 31.3 Å². The molecular weight excluding hydrogens is 352 g/mol. The number of fused-ring (bicyclic) bond motifs is 2. The lowest BCUT2D eigenvalue weighted by Crippen LogP contribution is -2.27. The molecule has 0 aliphatic carbocycles. The van der Waals surface area contributed by atoms with Gasteiger partial charge in [0.25, 0.3) is 5.91 Å². The SMILES string of the molecule is COc1ccc2cc(CN(C)C(=O)c3ccc4c(c3)CCC(=O)N4)ccc2c1. The van der Waals surface area contributed by atoms with E-state index in [1.54, 1.807) is 18.1 Å². The number of hydrogen-bond acceptors (Lipinski definition) is 3. The molecule has 3 aromatic carbocycles. The molecule has 0 saturated carbocycles. The standard InChI is InChI=1S/C23H22N2O3/c1-25(14-15-3-4-17-13-20(28-2)8-5-16(17)11-15)23(27)19-6-9-21-18(12-19)7-10-22(26)24-21/h3-6,8-9,11-13H,7,10,14H2,1-2H3,(H,24,26). The van der Waals surface area contributed by atoms with Crippen LogP contribution < -0.4 is 10.1 Å². The molecular formula is C23H22N2O3. The van der Waals surface area contributed by atoms with Crippen molar-refractivity contribution in [1.82, 2.24) is 4.90 Å². The number of benzene rings is 3. The second kappa shape index (κ2) is 7.35. The van der Waals surface area contributed by atoms with Crippen molar-refractivity contribution in [3.05, 3.63) is 71.3 Å². The molecule has 0 unspecified atom stereocenters. The smallest absolute Gasteiger partial charge is 0.253 e. The lowest BCUT2D eigenvalue weighted by Gasteiger charge is -2.21. The number of methoxy groups -OCH3 is 1. The third kappa shape index (κ3) is 3.56. The van der Waals surface area contributed by atoms with Crippen LogP contribution in [0.1, 0.15) is 27.9 Å². The summed E-state index contributed by atoms with van der Waals surface area (Å²) in [7, 11) is 3.46. The maximum absolute atomic E-state index is 12.9. The molecule has 142 valence electrons. The molecule has 1 heterocycles. The lowest BCUT2D eigenvalue weighted by molar-refractivity contribution is -0.116. The van der Waals surface area contributed by atoms with Gasteiger partial charge in [0.05, 0.1) is 7.11 Å². The first kappa shape index (κ1) is 18.0. The van der Waals surface area contributed by atoms with Gasteiger partial charge in [-0.1, -0.05) is 18.2 Å². The van der Waals surface area contributed by atoms with Crippen LogP contribution in [0.25, 0.3) is 10.8 Å². The van der Waals surface area contributed by atoms with Crippen molar-refractivity contribution >= 4 is 28.3 Å². The lowest BCUT2D eigenvalue weighted by atomic mass is 10.00. The summed E-state index contributed by atoms with van der Waals surface area (Å²) in [5.74, 6) is 0.822. The number of carbonyl (C=O) groups excluding carboxylic acids is 2. The van der Waals surface area contributed by atoms with Crippen molar-refractivity contribution in [3.8, 4) is 5.75 Å². The molecule has 1 aliphatic rings. The Hall–Kier alpha value is -3.34. The first-order valence-electron chi connectivity index (χ1n) is 9.28. The Bertz CT molecular complexity index is 1070. The molecule has 5 heteroatoms. The highest BCUT2D eigenvalue weighted by atomic mass is 16.5. The zero-order valence-corrected chi connectivity index (χ0v) is 16.0. The Morgan fingerprint density at radius 1 is 1.04 bits per heavy atom. The molecule has 0 saturated heterocycles. The average molecular weight is 374 g/mol. The first-order chi connectivity index (χ1) is 13.5. The van der Waals surface area contributed by atoms with Crippen molar-refractivity contribution in [3.63, 3.8) is 0 Å². The molecule has 5 nitrogen and oxygen atoms in total. The molecule has 2 amide bonds. The van der Waals surface area contributed by atoms with Crippen LogP contribution in [0, 0.1) is 0 Å². The minimum Gasteiger partial charge on any atom is -0.497 e. The number of hydrogen-bond donors (Lipinski definition) is 1. The third-order valence-corrected chi connectivity index (χ3v) is 5.13. The zero-order chi connectivity index (χ0) is 19.7. The van der Waals surface area contributed by atoms with E-state index in [9.17, 15) is 9.59 Å². The number of nitrogens with one attached hydrogen (secondary N) is 1. The molecule has 0 spiro atoms. The summed E-state index contributed by atoms with van der Waals surface area (Å²) in [4.78, 5) is 26.1. The Balaban J connectivity index is 1.51. The van der Waals surface area contributed by atoms with Crippen molar-refractivity contribution in [2.24, 2.45) is 0 Å². The zero-order valence-electron chi connectivity index (χ0n) is 16.0. The van der Waals surface area contributed by atoms with E-state index in [1.165, 1.54) is 0 Å². The number of rotatable bonds is 4. The van der Waals surface area contributed by atoms with E-state index in [0.717, 1.165) is 33.3 Å².